The molecule has 0 atom stereocenters. The van der Waals surface area contributed by atoms with Crippen LogP contribution in [-0.2, 0) is 4.79 Å². The van der Waals surface area contributed by atoms with Crippen LogP contribution in [0.1, 0.15) is 27.2 Å². The molecule has 0 bridgehead atoms. The van der Waals surface area contributed by atoms with Gasteiger partial charge in [-0.25, -0.2) is 0 Å². The van der Waals surface area contributed by atoms with Gasteiger partial charge in [0, 0.05) is 6.42 Å². The summed E-state index contributed by atoms with van der Waals surface area (Å²) >= 11 is 0. The number of ketones is 1. The third kappa shape index (κ3) is 5.29. The van der Waals surface area contributed by atoms with Crippen molar-refractivity contribution in [3.8, 4) is 0 Å². The van der Waals surface area contributed by atoms with Crippen LogP contribution in [0.5, 0.6) is 0 Å². The molecule has 0 aliphatic carbocycles. The molecule has 0 spiro atoms. The molecular formula is C9H14O. The summed E-state index contributed by atoms with van der Waals surface area (Å²) in [6, 6.07) is 0. The van der Waals surface area contributed by atoms with E-state index in [4.69, 9.17) is 0 Å². The van der Waals surface area contributed by atoms with Crippen molar-refractivity contribution in [2.45, 2.75) is 27.2 Å². The minimum absolute atomic E-state index is 0.178. The van der Waals surface area contributed by atoms with E-state index in [-0.39, 0.29) is 5.78 Å². The average Bonchev–Trinajstić information content (AvgIpc) is 1.87. The highest BCUT2D eigenvalue weighted by atomic mass is 16.1. The molecule has 0 aliphatic rings. The number of allylic oxidation sites excluding steroid dienone is 4. The van der Waals surface area contributed by atoms with Crippen molar-refractivity contribution in [1.29, 1.82) is 0 Å². The van der Waals surface area contributed by atoms with Gasteiger partial charge in [0.15, 0.2) is 5.78 Å². The summed E-state index contributed by atoms with van der Waals surface area (Å²) in [4.78, 5) is 10.7. The van der Waals surface area contributed by atoms with E-state index in [2.05, 4.69) is 0 Å². The second-order valence-electron chi connectivity index (χ2n) is 2.42. The lowest BCUT2D eigenvalue weighted by Gasteiger charge is -1.83. The zero-order valence-electron chi connectivity index (χ0n) is 6.85. The van der Waals surface area contributed by atoms with Gasteiger partial charge in [-0.15, -0.1) is 0 Å². The molecule has 0 N–H and O–H groups in total. The van der Waals surface area contributed by atoms with Crippen molar-refractivity contribution >= 4 is 5.78 Å². The first-order chi connectivity index (χ1) is 4.66. The summed E-state index contributed by atoms with van der Waals surface area (Å²) in [5.41, 5.74) is 1.21. The van der Waals surface area contributed by atoms with Gasteiger partial charge in [-0.1, -0.05) is 24.6 Å². The highest BCUT2D eigenvalue weighted by Gasteiger charge is 1.85. The molecule has 1 heteroatoms. The first kappa shape index (κ1) is 9.15. The van der Waals surface area contributed by atoms with Gasteiger partial charge in [-0.3, -0.25) is 4.79 Å². The van der Waals surface area contributed by atoms with Crippen LogP contribution in [0.3, 0.4) is 0 Å². The Bertz CT molecular complexity index is 160. The summed E-state index contributed by atoms with van der Waals surface area (Å²) in [7, 11) is 0. The van der Waals surface area contributed by atoms with Crippen molar-refractivity contribution in [1.82, 2.24) is 0 Å². The minimum atomic E-state index is 0.178. The maximum atomic E-state index is 10.7. The second kappa shape index (κ2) is 4.98. The molecule has 0 aromatic carbocycles. The van der Waals surface area contributed by atoms with Gasteiger partial charge in [0.1, 0.15) is 0 Å². The molecule has 0 aliphatic heterocycles. The van der Waals surface area contributed by atoms with Crippen LogP contribution in [0.2, 0.25) is 0 Å². The molecule has 0 saturated heterocycles. The van der Waals surface area contributed by atoms with Crippen LogP contribution in [0, 0.1) is 0 Å². The Kier molecular flexibility index (Phi) is 4.55. The van der Waals surface area contributed by atoms with Gasteiger partial charge in [0.2, 0.25) is 0 Å². The fourth-order valence-electron chi connectivity index (χ4n) is 0.466. The molecule has 0 aromatic heterocycles. The van der Waals surface area contributed by atoms with E-state index in [0.717, 1.165) is 0 Å². The van der Waals surface area contributed by atoms with Gasteiger partial charge in [0.05, 0.1) is 0 Å². The highest BCUT2D eigenvalue weighted by Crippen LogP contribution is 1.90. The summed E-state index contributed by atoms with van der Waals surface area (Å²) in [6.07, 6.45) is 5.91. The van der Waals surface area contributed by atoms with Crippen molar-refractivity contribution in [2.24, 2.45) is 0 Å². The zero-order valence-corrected chi connectivity index (χ0v) is 6.85. The largest absolute Gasteiger partial charge is 0.295 e. The Morgan fingerprint density at radius 1 is 1.40 bits per heavy atom. The Balaban J connectivity index is 3.77. The van der Waals surface area contributed by atoms with Gasteiger partial charge in [-0.05, 0) is 19.9 Å². The Morgan fingerprint density at radius 2 is 2.00 bits per heavy atom. The lowest BCUT2D eigenvalue weighted by atomic mass is 10.2. The van der Waals surface area contributed by atoms with Crippen LogP contribution in [0.4, 0.5) is 0 Å². The van der Waals surface area contributed by atoms with E-state index >= 15 is 0 Å². The van der Waals surface area contributed by atoms with Gasteiger partial charge in [-0.2, -0.15) is 0 Å². The van der Waals surface area contributed by atoms with Gasteiger partial charge >= 0.3 is 0 Å². The number of rotatable bonds is 3. The van der Waals surface area contributed by atoms with Crippen molar-refractivity contribution in [3.63, 3.8) is 0 Å². The normalized spacial score (nSPS) is 9.90. The predicted molar refractivity (Wildman–Crippen MR) is 43.9 cm³/mol. The molecule has 0 aromatic rings. The van der Waals surface area contributed by atoms with Gasteiger partial charge < -0.3 is 0 Å². The minimum Gasteiger partial charge on any atom is -0.295 e. The standard InChI is InChI=1S/C9H14O/c1-4-9(10)7-5-6-8(2)3/h5-7H,4H2,1-3H3/b7-5+. The molecule has 0 fully saturated rings. The molecule has 0 saturated carbocycles. The monoisotopic (exact) mass is 138 g/mol. The van der Waals surface area contributed by atoms with Crippen molar-refractivity contribution < 1.29 is 4.79 Å². The molecule has 0 heterocycles. The summed E-state index contributed by atoms with van der Waals surface area (Å²) in [6.45, 7) is 5.86. The third-order valence-electron chi connectivity index (χ3n) is 1.06. The van der Waals surface area contributed by atoms with Crippen LogP contribution in [0.15, 0.2) is 23.8 Å². The third-order valence-corrected chi connectivity index (χ3v) is 1.06. The van der Waals surface area contributed by atoms with Crippen LogP contribution >= 0.6 is 0 Å². The maximum Gasteiger partial charge on any atom is 0.155 e. The zero-order chi connectivity index (χ0) is 7.98. The number of carbonyl (C=O) groups is 1. The molecule has 0 amide bonds. The van der Waals surface area contributed by atoms with E-state index < -0.39 is 0 Å². The summed E-state index contributed by atoms with van der Waals surface area (Å²) in [5.74, 6) is 0.178. The van der Waals surface area contributed by atoms with Crippen molar-refractivity contribution in [3.05, 3.63) is 23.8 Å². The molecule has 0 unspecified atom stereocenters. The molecule has 56 valence electrons. The van der Waals surface area contributed by atoms with Crippen LogP contribution in [0.25, 0.3) is 0 Å². The van der Waals surface area contributed by atoms with E-state index in [1.807, 2.05) is 26.8 Å². The molecule has 0 rings (SSSR count). The predicted octanol–water partition coefficient (Wildman–Crippen LogP) is 2.49. The Labute approximate surface area is 62.4 Å². The molecule has 10 heavy (non-hydrogen) atoms. The first-order valence-electron chi connectivity index (χ1n) is 3.51. The fraction of sp³-hybridized carbons (Fsp3) is 0.444. The number of carbonyl (C=O) groups excluding carboxylic acids is 1. The summed E-state index contributed by atoms with van der Waals surface area (Å²) in [5, 5.41) is 0. The van der Waals surface area contributed by atoms with Gasteiger partial charge in [0.25, 0.3) is 0 Å². The van der Waals surface area contributed by atoms with E-state index in [1.54, 1.807) is 12.2 Å². The maximum absolute atomic E-state index is 10.7. The average molecular weight is 138 g/mol. The Hall–Kier alpha value is -0.850. The smallest absolute Gasteiger partial charge is 0.155 e. The fourth-order valence-corrected chi connectivity index (χ4v) is 0.466. The van der Waals surface area contributed by atoms with E-state index in [9.17, 15) is 4.79 Å². The highest BCUT2D eigenvalue weighted by molar-refractivity contribution is 5.89. The second-order valence-corrected chi connectivity index (χ2v) is 2.42. The van der Waals surface area contributed by atoms with Crippen LogP contribution < -0.4 is 0 Å². The number of hydrogen-bond acceptors (Lipinski definition) is 1. The van der Waals surface area contributed by atoms with Crippen molar-refractivity contribution in [2.75, 3.05) is 0 Å². The topological polar surface area (TPSA) is 17.1 Å². The van der Waals surface area contributed by atoms with Crippen LogP contribution in [-0.4, -0.2) is 5.78 Å². The van der Waals surface area contributed by atoms with E-state index in [1.165, 1.54) is 5.57 Å². The number of hydrogen-bond donors (Lipinski definition) is 0. The molecule has 1 nitrogen and oxygen atoms in total. The first-order valence-corrected chi connectivity index (χ1v) is 3.51. The SMILES string of the molecule is CCC(=O)/C=C/C=C(C)C. The Morgan fingerprint density at radius 3 is 2.40 bits per heavy atom. The lowest BCUT2D eigenvalue weighted by molar-refractivity contribution is -0.114. The molecule has 0 radical (unpaired) electrons. The quantitative estimate of drug-likeness (QED) is 0.432. The summed E-state index contributed by atoms with van der Waals surface area (Å²) < 4.78 is 0. The lowest BCUT2D eigenvalue weighted by Crippen LogP contribution is -1.85. The van der Waals surface area contributed by atoms with E-state index in [0.29, 0.717) is 6.42 Å². The molecular weight excluding hydrogens is 124 g/mol.